The number of hydrogen-bond acceptors (Lipinski definition) is 7. The number of aromatic nitrogens is 2. The molecule has 2 aromatic carbocycles. The molecule has 3 aromatic rings. The Kier molecular flexibility index (Phi) is 7.26. The third kappa shape index (κ3) is 6.13. The molecule has 2 N–H and O–H groups in total. The Balaban J connectivity index is 1.29. The van der Waals surface area contributed by atoms with Gasteiger partial charge in [-0.2, -0.15) is 0 Å². The van der Waals surface area contributed by atoms with Crippen LogP contribution in [0.1, 0.15) is 29.5 Å². The summed E-state index contributed by atoms with van der Waals surface area (Å²) in [7, 11) is 1.88. The van der Waals surface area contributed by atoms with Crippen LogP contribution < -0.4 is 10.2 Å². The maximum Gasteiger partial charge on any atom is 0.411 e. The first-order valence-corrected chi connectivity index (χ1v) is 11.4. The zero-order valence-electron chi connectivity index (χ0n) is 20.0. The maximum absolute atomic E-state index is 12.4. The highest BCUT2D eigenvalue weighted by molar-refractivity contribution is 5.86. The van der Waals surface area contributed by atoms with Gasteiger partial charge in [0, 0.05) is 29.8 Å². The van der Waals surface area contributed by atoms with Crippen LogP contribution in [0.4, 0.5) is 22.1 Å². The lowest BCUT2D eigenvalue weighted by atomic mass is 10.1. The van der Waals surface area contributed by atoms with Crippen LogP contribution in [0.5, 0.6) is 0 Å². The molecule has 0 saturated carbocycles. The monoisotopic (exact) mass is 475 g/mol. The Bertz CT molecular complexity index is 1170. The van der Waals surface area contributed by atoms with Crippen LogP contribution in [0.25, 0.3) is 0 Å². The largest absolute Gasteiger partial charge is 0.444 e. The summed E-state index contributed by atoms with van der Waals surface area (Å²) in [5.41, 5.74) is 3.94. The number of likely N-dealkylation sites (tertiary alicyclic amines) is 1. The Labute approximate surface area is 204 Å². The number of amides is 2. The maximum atomic E-state index is 12.4. The number of ether oxygens (including phenoxy) is 1. The SMILES string of the molecule is Cc1cc(C)nc(N(C)c2ccc(NC(=O)OC3CC(=O)N(CC(O)c4ccccc4)C3)cc2)n1. The molecule has 4 rings (SSSR count). The van der Waals surface area contributed by atoms with Gasteiger partial charge < -0.3 is 19.6 Å². The number of benzene rings is 2. The van der Waals surface area contributed by atoms with Crippen LogP contribution in [0.15, 0.2) is 60.7 Å². The van der Waals surface area contributed by atoms with Crippen LogP contribution in [0.2, 0.25) is 0 Å². The molecule has 182 valence electrons. The molecule has 2 heterocycles. The summed E-state index contributed by atoms with van der Waals surface area (Å²) in [4.78, 5) is 37.1. The average molecular weight is 476 g/mol. The first kappa shape index (κ1) is 24.2. The fourth-order valence-electron chi connectivity index (χ4n) is 4.02. The summed E-state index contributed by atoms with van der Waals surface area (Å²) in [5, 5.41) is 13.1. The van der Waals surface area contributed by atoms with Crippen molar-refractivity contribution in [1.29, 1.82) is 0 Å². The van der Waals surface area contributed by atoms with E-state index >= 15 is 0 Å². The van der Waals surface area contributed by atoms with E-state index in [1.165, 1.54) is 4.90 Å². The molecule has 0 radical (unpaired) electrons. The van der Waals surface area contributed by atoms with Gasteiger partial charge in [-0.15, -0.1) is 0 Å². The number of rotatable bonds is 7. The number of nitrogens with one attached hydrogen (secondary N) is 1. The predicted octanol–water partition coefficient (Wildman–Crippen LogP) is 3.74. The Morgan fingerprint density at radius 2 is 1.80 bits per heavy atom. The van der Waals surface area contributed by atoms with Gasteiger partial charge in [0.2, 0.25) is 11.9 Å². The van der Waals surface area contributed by atoms with Gasteiger partial charge in [-0.25, -0.2) is 14.8 Å². The first-order chi connectivity index (χ1) is 16.8. The van der Waals surface area contributed by atoms with E-state index in [9.17, 15) is 14.7 Å². The van der Waals surface area contributed by atoms with Gasteiger partial charge in [-0.1, -0.05) is 30.3 Å². The van der Waals surface area contributed by atoms with Crippen LogP contribution in [-0.2, 0) is 9.53 Å². The number of carbonyl (C=O) groups is 2. The highest BCUT2D eigenvalue weighted by Crippen LogP contribution is 2.24. The van der Waals surface area contributed by atoms with E-state index in [4.69, 9.17) is 4.74 Å². The van der Waals surface area contributed by atoms with Crippen molar-refractivity contribution >= 4 is 29.3 Å². The predicted molar refractivity (Wildman–Crippen MR) is 133 cm³/mol. The van der Waals surface area contributed by atoms with E-state index in [0.29, 0.717) is 11.6 Å². The van der Waals surface area contributed by atoms with Crippen LogP contribution in [-0.4, -0.2) is 58.2 Å². The third-order valence-corrected chi connectivity index (χ3v) is 5.80. The second-order valence-electron chi connectivity index (χ2n) is 8.64. The minimum absolute atomic E-state index is 0.0918. The molecular weight excluding hydrogens is 446 g/mol. The standard InChI is InChI=1S/C26H29N5O4/c1-17-13-18(2)28-25(27-17)30(3)21-11-9-20(10-12-21)29-26(34)35-22-14-24(33)31(15-22)16-23(32)19-7-5-4-6-8-19/h4-13,22-23,32H,14-16H2,1-3H3,(H,29,34). The fourth-order valence-corrected chi connectivity index (χ4v) is 4.02. The summed E-state index contributed by atoms with van der Waals surface area (Å²) in [6, 6.07) is 18.3. The molecule has 1 aliphatic heterocycles. The van der Waals surface area contributed by atoms with Gasteiger partial charge in [0.1, 0.15) is 6.10 Å². The van der Waals surface area contributed by atoms with Gasteiger partial charge in [0.15, 0.2) is 0 Å². The van der Waals surface area contributed by atoms with Gasteiger partial charge in [-0.3, -0.25) is 10.1 Å². The molecule has 0 aliphatic carbocycles. The summed E-state index contributed by atoms with van der Waals surface area (Å²) in [6.45, 7) is 4.25. The smallest absolute Gasteiger partial charge is 0.411 e. The normalized spacial score (nSPS) is 16.2. The van der Waals surface area contributed by atoms with Gasteiger partial charge >= 0.3 is 6.09 Å². The summed E-state index contributed by atoms with van der Waals surface area (Å²) in [6.07, 6.45) is -1.91. The van der Waals surface area contributed by atoms with Crippen LogP contribution in [0, 0.1) is 13.8 Å². The molecule has 35 heavy (non-hydrogen) atoms. The molecular formula is C26H29N5O4. The summed E-state index contributed by atoms with van der Waals surface area (Å²) in [5.74, 6) is 0.439. The quantitative estimate of drug-likeness (QED) is 0.536. The number of hydrogen-bond donors (Lipinski definition) is 2. The first-order valence-electron chi connectivity index (χ1n) is 11.4. The molecule has 0 spiro atoms. The fraction of sp³-hybridized carbons (Fsp3) is 0.308. The zero-order valence-corrected chi connectivity index (χ0v) is 20.0. The molecule has 2 unspecified atom stereocenters. The number of aryl methyl sites for hydroxylation is 2. The lowest BCUT2D eigenvalue weighted by Gasteiger charge is -2.21. The van der Waals surface area contributed by atoms with E-state index in [-0.39, 0.29) is 25.4 Å². The van der Waals surface area contributed by atoms with Crippen molar-refractivity contribution in [2.24, 2.45) is 0 Å². The van der Waals surface area contributed by atoms with Gasteiger partial charge in [-0.05, 0) is 49.7 Å². The number of anilines is 3. The van der Waals surface area contributed by atoms with E-state index < -0.39 is 18.3 Å². The molecule has 1 aliphatic rings. The number of aliphatic hydroxyl groups is 1. The number of nitrogens with zero attached hydrogens (tertiary/aromatic N) is 4. The molecule has 1 saturated heterocycles. The van der Waals surface area contributed by atoms with Crippen LogP contribution >= 0.6 is 0 Å². The number of β-amino-alcohol motifs (C(OH)–C–C–N with tert-alkyl or cyclic N) is 1. The van der Waals surface area contributed by atoms with Crippen molar-refractivity contribution in [2.45, 2.75) is 32.5 Å². The van der Waals surface area contributed by atoms with Crippen LogP contribution in [0.3, 0.4) is 0 Å². The summed E-state index contributed by atoms with van der Waals surface area (Å²) < 4.78 is 5.45. The lowest BCUT2D eigenvalue weighted by Crippen LogP contribution is -2.31. The second kappa shape index (κ2) is 10.5. The number of carbonyl (C=O) groups excluding carboxylic acids is 2. The topological polar surface area (TPSA) is 108 Å². The Hall–Kier alpha value is -3.98. The Morgan fingerprint density at radius 1 is 1.14 bits per heavy atom. The molecule has 1 aromatic heterocycles. The van der Waals surface area contributed by atoms with Crippen molar-refractivity contribution in [3.8, 4) is 0 Å². The minimum atomic E-state index is -0.793. The van der Waals surface area contributed by atoms with Crippen molar-refractivity contribution in [2.75, 3.05) is 30.4 Å². The molecule has 2 amide bonds. The van der Waals surface area contributed by atoms with Crippen molar-refractivity contribution in [1.82, 2.24) is 14.9 Å². The highest BCUT2D eigenvalue weighted by atomic mass is 16.6. The van der Waals surface area contributed by atoms with E-state index in [1.54, 1.807) is 12.1 Å². The van der Waals surface area contributed by atoms with E-state index in [2.05, 4.69) is 15.3 Å². The molecule has 9 nitrogen and oxygen atoms in total. The van der Waals surface area contributed by atoms with Crippen molar-refractivity contribution in [3.05, 3.63) is 77.6 Å². The minimum Gasteiger partial charge on any atom is -0.444 e. The Morgan fingerprint density at radius 3 is 2.46 bits per heavy atom. The lowest BCUT2D eigenvalue weighted by molar-refractivity contribution is -0.129. The van der Waals surface area contributed by atoms with Crippen molar-refractivity contribution in [3.63, 3.8) is 0 Å². The molecule has 0 bridgehead atoms. The highest BCUT2D eigenvalue weighted by Gasteiger charge is 2.33. The zero-order chi connectivity index (χ0) is 24.9. The molecule has 2 atom stereocenters. The second-order valence-corrected chi connectivity index (χ2v) is 8.64. The number of aliphatic hydroxyl groups excluding tert-OH is 1. The summed E-state index contributed by atoms with van der Waals surface area (Å²) >= 11 is 0. The average Bonchev–Trinajstić information content (AvgIpc) is 3.17. The van der Waals surface area contributed by atoms with E-state index in [1.807, 2.05) is 74.3 Å². The molecule has 9 heteroatoms. The third-order valence-electron chi connectivity index (χ3n) is 5.80. The van der Waals surface area contributed by atoms with Gasteiger partial charge in [0.05, 0.1) is 25.6 Å². The van der Waals surface area contributed by atoms with Gasteiger partial charge in [0.25, 0.3) is 0 Å². The van der Waals surface area contributed by atoms with Crippen molar-refractivity contribution < 1.29 is 19.4 Å². The van der Waals surface area contributed by atoms with E-state index in [0.717, 1.165) is 22.6 Å². The molecule has 1 fully saturated rings.